The Kier molecular flexibility index (Phi) is 3.35. The van der Waals surface area contributed by atoms with E-state index in [1.165, 1.54) is 47.6 Å². The van der Waals surface area contributed by atoms with Gasteiger partial charge in [-0.05, 0) is 41.5 Å². The van der Waals surface area contributed by atoms with Crippen molar-refractivity contribution in [3.05, 3.63) is 84.4 Å². The van der Waals surface area contributed by atoms with Crippen molar-refractivity contribution in [3.63, 3.8) is 0 Å². The number of benzene rings is 4. The van der Waals surface area contributed by atoms with Crippen molar-refractivity contribution in [3.8, 4) is 17.2 Å². The summed E-state index contributed by atoms with van der Waals surface area (Å²) in [5.41, 5.74) is 5.47. The molecule has 0 fully saturated rings. The number of thiophene rings is 1. The van der Waals surface area contributed by atoms with Crippen molar-refractivity contribution < 1.29 is 0 Å². The average Bonchev–Trinajstić information content (AvgIpc) is 3.29. The van der Waals surface area contributed by atoms with Gasteiger partial charge in [0.1, 0.15) is 0 Å². The zero-order valence-electron chi connectivity index (χ0n) is 15.8. The first kappa shape index (κ1) is 16.4. The topological polar surface area (TPSA) is 28.7 Å². The van der Waals surface area contributed by atoms with Crippen LogP contribution in [0.2, 0.25) is 0 Å². The molecule has 29 heavy (non-hydrogen) atoms. The minimum absolute atomic E-state index is 0.693. The summed E-state index contributed by atoms with van der Waals surface area (Å²) in [5.74, 6) is 0. The second-order valence-electron chi connectivity index (χ2n) is 7.42. The van der Waals surface area contributed by atoms with Crippen LogP contribution in [0.15, 0.2) is 78.9 Å². The Morgan fingerprint density at radius 3 is 2.52 bits per heavy atom. The lowest BCUT2D eigenvalue weighted by molar-refractivity contribution is 1.01. The molecule has 0 aliphatic rings. The maximum absolute atomic E-state index is 9.26. The van der Waals surface area contributed by atoms with Gasteiger partial charge in [-0.25, -0.2) is 0 Å². The summed E-state index contributed by atoms with van der Waals surface area (Å²) in [6, 6.07) is 30.1. The highest BCUT2D eigenvalue weighted by atomic mass is 32.1. The first-order chi connectivity index (χ1) is 14.2. The number of fused-ring (bicyclic) bond motifs is 6. The largest absolute Gasteiger partial charge is 0.344 e. The Morgan fingerprint density at radius 1 is 0.759 bits per heavy atom. The summed E-state index contributed by atoms with van der Waals surface area (Å²) in [4.78, 5) is 0. The zero-order valence-corrected chi connectivity index (χ0v) is 16.6. The summed E-state index contributed by atoms with van der Waals surface area (Å²) in [7, 11) is 2.07. The Bertz CT molecular complexity index is 1630. The third-order valence-electron chi connectivity index (χ3n) is 5.85. The van der Waals surface area contributed by atoms with Crippen LogP contribution in [0.4, 0.5) is 0 Å². The number of nitriles is 1. The average molecular weight is 388 g/mol. The van der Waals surface area contributed by atoms with Crippen LogP contribution in [0.3, 0.4) is 0 Å². The van der Waals surface area contributed by atoms with E-state index in [2.05, 4.69) is 84.4 Å². The van der Waals surface area contributed by atoms with E-state index in [0.717, 1.165) is 5.52 Å². The van der Waals surface area contributed by atoms with Gasteiger partial charge in [0.25, 0.3) is 0 Å². The third kappa shape index (κ3) is 2.27. The lowest BCUT2D eigenvalue weighted by Gasteiger charge is -2.05. The minimum atomic E-state index is 0.693. The molecule has 0 saturated heterocycles. The highest BCUT2D eigenvalue weighted by Crippen LogP contribution is 2.41. The molecule has 0 unspecified atom stereocenters. The van der Waals surface area contributed by atoms with Crippen LogP contribution in [0, 0.1) is 11.3 Å². The van der Waals surface area contributed by atoms with Crippen LogP contribution in [-0.4, -0.2) is 4.57 Å². The molecular weight excluding hydrogens is 372 g/mol. The Morgan fingerprint density at radius 2 is 1.62 bits per heavy atom. The molecule has 3 heteroatoms. The second-order valence-corrected chi connectivity index (χ2v) is 8.47. The normalized spacial score (nSPS) is 11.6. The molecule has 6 rings (SSSR count). The fourth-order valence-electron chi connectivity index (χ4n) is 4.42. The standard InChI is InChI=1S/C26H16N2S/c1-28-23-12-10-17(14-22(23)19-11-9-16(15-27)13-24(19)28)18-6-4-7-21-20-5-2-3-8-25(20)29-26(18)21/h2-14H,1H3. The SMILES string of the molecule is Cn1c2ccc(-c3cccc4c3sc3ccccc34)cc2c2ccc(C#N)cc21. The van der Waals surface area contributed by atoms with Crippen LogP contribution in [0.25, 0.3) is 53.1 Å². The second kappa shape index (κ2) is 5.94. The highest BCUT2D eigenvalue weighted by molar-refractivity contribution is 7.26. The van der Waals surface area contributed by atoms with Gasteiger partial charge in [-0.3, -0.25) is 0 Å². The molecule has 136 valence electrons. The molecule has 2 aromatic heterocycles. The Balaban J connectivity index is 1.66. The number of hydrogen-bond acceptors (Lipinski definition) is 2. The molecule has 0 radical (unpaired) electrons. The van der Waals surface area contributed by atoms with E-state index in [9.17, 15) is 5.26 Å². The van der Waals surface area contributed by atoms with E-state index in [1.807, 2.05) is 23.5 Å². The predicted molar refractivity (Wildman–Crippen MR) is 123 cm³/mol. The molecule has 0 bridgehead atoms. The molecule has 0 N–H and O–H groups in total. The molecule has 2 heterocycles. The van der Waals surface area contributed by atoms with Crippen molar-refractivity contribution in [1.82, 2.24) is 4.57 Å². The van der Waals surface area contributed by atoms with Crippen molar-refractivity contribution in [2.24, 2.45) is 7.05 Å². The molecule has 6 aromatic rings. The van der Waals surface area contributed by atoms with E-state index >= 15 is 0 Å². The van der Waals surface area contributed by atoms with Crippen molar-refractivity contribution in [2.45, 2.75) is 0 Å². The van der Waals surface area contributed by atoms with Gasteiger partial charge in [0.05, 0.1) is 17.1 Å². The molecule has 0 aliphatic heterocycles. The Hall–Kier alpha value is -3.61. The van der Waals surface area contributed by atoms with Crippen molar-refractivity contribution >= 4 is 53.3 Å². The number of rotatable bonds is 1. The lowest BCUT2D eigenvalue weighted by atomic mass is 10.0. The van der Waals surface area contributed by atoms with Gasteiger partial charge in [-0.1, -0.05) is 48.5 Å². The lowest BCUT2D eigenvalue weighted by Crippen LogP contribution is -1.87. The van der Waals surface area contributed by atoms with E-state index in [1.54, 1.807) is 0 Å². The number of hydrogen-bond donors (Lipinski definition) is 0. The molecule has 0 saturated carbocycles. The molecule has 0 atom stereocenters. The summed E-state index contributed by atoms with van der Waals surface area (Å²) < 4.78 is 4.83. The maximum atomic E-state index is 9.26. The Labute approximate surface area is 171 Å². The van der Waals surface area contributed by atoms with Gasteiger partial charge in [-0.15, -0.1) is 11.3 Å². The van der Waals surface area contributed by atoms with Gasteiger partial charge in [0, 0.05) is 43.5 Å². The number of aryl methyl sites for hydroxylation is 1. The van der Waals surface area contributed by atoms with Gasteiger partial charge in [-0.2, -0.15) is 5.26 Å². The summed E-state index contributed by atoms with van der Waals surface area (Å²) in [6.07, 6.45) is 0. The first-order valence-electron chi connectivity index (χ1n) is 9.57. The maximum Gasteiger partial charge on any atom is 0.0992 e. The smallest absolute Gasteiger partial charge is 0.0992 e. The van der Waals surface area contributed by atoms with Crippen molar-refractivity contribution in [1.29, 1.82) is 5.26 Å². The van der Waals surface area contributed by atoms with Crippen LogP contribution < -0.4 is 0 Å². The first-order valence-corrected chi connectivity index (χ1v) is 10.4. The monoisotopic (exact) mass is 388 g/mol. The minimum Gasteiger partial charge on any atom is -0.344 e. The molecule has 4 aromatic carbocycles. The molecule has 0 amide bonds. The van der Waals surface area contributed by atoms with E-state index < -0.39 is 0 Å². The predicted octanol–water partition coefficient (Wildman–Crippen LogP) is 7.24. The van der Waals surface area contributed by atoms with Crippen LogP contribution in [0.1, 0.15) is 5.56 Å². The van der Waals surface area contributed by atoms with Gasteiger partial charge in [0.2, 0.25) is 0 Å². The summed E-state index contributed by atoms with van der Waals surface area (Å²) >= 11 is 1.86. The van der Waals surface area contributed by atoms with E-state index in [4.69, 9.17) is 0 Å². The van der Waals surface area contributed by atoms with Gasteiger partial charge >= 0.3 is 0 Å². The molecule has 0 spiro atoms. The fraction of sp³-hybridized carbons (Fsp3) is 0.0385. The van der Waals surface area contributed by atoms with Crippen LogP contribution in [-0.2, 0) is 7.05 Å². The van der Waals surface area contributed by atoms with E-state index in [0.29, 0.717) is 5.56 Å². The number of aromatic nitrogens is 1. The van der Waals surface area contributed by atoms with Crippen molar-refractivity contribution in [2.75, 3.05) is 0 Å². The highest BCUT2D eigenvalue weighted by Gasteiger charge is 2.13. The fourth-order valence-corrected chi connectivity index (χ4v) is 5.66. The van der Waals surface area contributed by atoms with Crippen LogP contribution in [0.5, 0.6) is 0 Å². The molecule has 2 nitrogen and oxygen atoms in total. The molecule has 0 aliphatic carbocycles. The number of nitrogens with zero attached hydrogens (tertiary/aromatic N) is 2. The van der Waals surface area contributed by atoms with E-state index in [-0.39, 0.29) is 0 Å². The summed E-state index contributed by atoms with van der Waals surface area (Å²) in [5, 5.41) is 14.3. The quantitative estimate of drug-likeness (QED) is 0.292. The van der Waals surface area contributed by atoms with Gasteiger partial charge in [0.15, 0.2) is 0 Å². The zero-order chi connectivity index (χ0) is 19.5. The van der Waals surface area contributed by atoms with Gasteiger partial charge < -0.3 is 4.57 Å². The molecular formula is C26H16N2S. The summed E-state index contributed by atoms with van der Waals surface area (Å²) in [6.45, 7) is 0. The third-order valence-corrected chi connectivity index (χ3v) is 7.07. The van der Waals surface area contributed by atoms with Crippen LogP contribution >= 0.6 is 11.3 Å².